The Balaban J connectivity index is 1.87. The third-order valence-electron chi connectivity index (χ3n) is 3.64. The Bertz CT molecular complexity index is 466. The maximum absolute atomic E-state index is 12.1. The molecule has 1 aromatic rings. The summed E-state index contributed by atoms with van der Waals surface area (Å²) in [4.78, 5) is 12.1. The van der Waals surface area contributed by atoms with Crippen LogP contribution in [0.2, 0.25) is 0 Å². The van der Waals surface area contributed by atoms with E-state index in [1.807, 2.05) is 23.9 Å². The zero-order valence-corrected chi connectivity index (χ0v) is 11.2. The Kier molecular flexibility index (Phi) is 3.20. The largest absolute Gasteiger partial charge is 0.497 e. The second-order valence-electron chi connectivity index (χ2n) is 4.77. The van der Waals surface area contributed by atoms with E-state index in [0.717, 1.165) is 17.9 Å². The molecule has 0 saturated carbocycles. The summed E-state index contributed by atoms with van der Waals surface area (Å²) in [5.41, 5.74) is 0.692. The molecule has 0 radical (unpaired) electrons. The number of rotatable bonds is 2. The average molecular weight is 264 g/mol. The molecule has 0 aliphatic carbocycles. The van der Waals surface area contributed by atoms with Gasteiger partial charge in [-0.3, -0.25) is 4.79 Å². The predicted molar refractivity (Wildman–Crippen MR) is 71.8 cm³/mol. The van der Waals surface area contributed by atoms with E-state index in [-0.39, 0.29) is 11.9 Å². The lowest BCUT2D eigenvalue weighted by Crippen LogP contribution is -2.33. The van der Waals surface area contributed by atoms with Crippen molar-refractivity contribution in [2.24, 2.45) is 5.92 Å². The molecule has 2 heterocycles. The number of ether oxygens (including phenoxy) is 2. The van der Waals surface area contributed by atoms with Crippen LogP contribution < -0.4 is 9.47 Å². The molecule has 0 bridgehead atoms. The standard InChI is InChI=1S/C14H16O3S/c1-16-10-2-3-11-12(15)7-13(17-14(11)6-10)9-4-5-18-8-9/h2-3,6,9,13H,4-5,7-8H2,1H3. The highest BCUT2D eigenvalue weighted by Gasteiger charge is 2.34. The van der Waals surface area contributed by atoms with Gasteiger partial charge in [0, 0.05) is 18.4 Å². The molecule has 3 rings (SSSR count). The molecule has 2 unspecified atom stereocenters. The topological polar surface area (TPSA) is 35.5 Å². The lowest BCUT2D eigenvalue weighted by molar-refractivity contribution is 0.0760. The number of carbonyl (C=O) groups excluding carboxylic acids is 1. The van der Waals surface area contributed by atoms with Crippen molar-refractivity contribution in [1.29, 1.82) is 0 Å². The third kappa shape index (κ3) is 2.09. The Morgan fingerprint density at radius 1 is 1.44 bits per heavy atom. The van der Waals surface area contributed by atoms with Crippen LogP contribution in [0.4, 0.5) is 0 Å². The number of hydrogen-bond acceptors (Lipinski definition) is 4. The Morgan fingerprint density at radius 3 is 3.06 bits per heavy atom. The van der Waals surface area contributed by atoms with Crippen LogP contribution in [0.5, 0.6) is 11.5 Å². The van der Waals surface area contributed by atoms with Crippen LogP contribution in [0.25, 0.3) is 0 Å². The zero-order valence-electron chi connectivity index (χ0n) is 10.3. The van der Waals surface area contributed by atoms with E-state index < -0.39 is 0 Å². The van der Waals surface area contributed by atoms with E-state index >= 15 is 0 Å². The maximum atomic E-state index is 12.1. The van der Waals surface area contributed by atoms with Crippen LogP contribution in [0.15, 0.2) is 18.2 Å². The molecule has 0 spiro atoms. The molecule has 1 aromatic carbocycles. The molecule has 2 aliphatic rings. The third-order valence-corrected chi connectivity index (χ3v) is 4.83. The molecule has 3 nitrogen and oxygen atoms in total. The summed E-state index contributed by atoms with van der Waals surface area (Å²) in [6.45, 7) is 0. The second-order valence-corrected chi connectivity index (χ2v) is 5.92. The fraction of sp³-hybridized carbons (Fsp3) is 0.500. The molecule has 2 atom stereocenters. The van der Waals surface area contributed by atoms with Crippen molar-refractivity contribution < 1.29 is 14.3 Å². The normalized spacial score (nSPS) is 26.6. The van der Waals surface area contributed by atoms with Crippen LogP contribution in [0.1, 0.15) is 23.2 Å². The van der Waals surface area contributed by atoms with Gasteiger partial charge in [0.2, 0.25) is 0 Å². The summed E-state index contributed by atoms with van der Waals surface area (Å²) >= 11 is 1.95. The molecule has 18 heavy (non-hydrogen) atoms. The molecule has 0 N–H and O–H groups in total. The van der Waals surface area contributed by atoms with Crippen LogP contribution >= 0.6 is 11.8 Å². The van der Waals surface area contributed by atoms with Gasteiger partial charge in [-0.15, -0.1) is 0 Å². The number of fused-ring (bicyclic) bond motifs is 1. The molecule has 2 aliphatic heterocycles. The number of thioether (sulfide) groups is 1. The van der Waals surface area contributed by atoms with Crippen molar-refractivity contribution in [3.05, 3.63) is 23.8 Å². The zero-order chi connectivity index (χ0) is 12.5. The Labute approximate surface area is 111 Å². The highest BCUT2D eigenvalue weighted by atomic mass is 32.2. The minimum atomic E-state index is 0.0482. The first kappa shape index (κ1) is 11.9. The predicted octanol–water partition coefficient (Wildman–Crippen LogP) is 2.78. The van der Waals surface area contributed by atoms with Gasteiger partial charge in [-0.1, -0.05) is 0 Å². The minimum Gasteiger partial charge on any atom is -0.497 e. The van der Waals surface area contributed by atoms with Crippen molar-refractivity contribution in [3.8, 4) is 11.5 Å². The maximum Gasteiger partial charge on any atom is 0.170 e. The number of ketones is 1. The van der Waals surface area contributed by atoms with Gasteiger partial charge in [-0.25, -0.2) is 0 Å². The summed E-state index contributed by atoms with van der Waals surface area (Å²) < 4.78 is 11.2. The van der Waals surface area contributed by atoms with Gasteiger partial charge in [0.15, 0.2) is 5.78 Å². The van der Waals surface area contributed by atoms with E-state index in [1.54, 1.807) is 13.2 Å². The van der Waals surface area contributed by atoms with Crippen molar-refractivity contribution in [2.45, 2.75) is 18.9 Å². The summed E-state index contributed by atoms with van der Waals surface area (Å²) in [5, 5.41) is 0. The van der Waals surface area contributed by atoms with Crippen LogP contribution in [-0.4, -0.2) is 30.5 Å². The fourth-order valence-corrected chi connectivity index (χ4v) is 3.88. The lowest BCUT2D eigenvalue weighted by Gasteiger charge is -2.29. The first-order valence-corrected chi connectivity index (χ1v) is 7.39. The van der Waals surface area contributed by atoms with Gasteiger partial charge in [0.1, 0.15) is 17.6 Å². The summed E-state index contributed by atoms with van der Waals surface area (Å²) in [5.74, 6) is 4.43. The van der Waals surface area contributed by atoms with E-state index in [9.17, 15) is 4.79 Å². The molecule has 96 valence electrons. The molecular formula is C14H16O3S. The molecule has 4 heteroatoms. The quantitative estimate of drug-likeness (QED) is 0.823. The highest BCUT2D eigenvalue weighted by molar-refractivity contribution is 7.99. The van der Waals surface area contributed by atoms with Crippen molar-refractivity contribution in [3.63, 3.8) is 0 Å². The molecule has 1 saturated heterocycles. The first-order valence-electron chi connectivity index (χ1n) is 6.23. The SMILES string of the molecule is COc1ccc2c(c1)OC(C1CCSC1)CC2=O. The first-order chi connectivity index (χ1) is 8.78. The van der Waals surface area contributed by atoms with Crippen molar-refractivity contribution in [1.82, 2.24) is 0 Å². The van der Waals surface area contributed by atoms with E-state index in [2.05, 4.69) is 0 Å². The van der Waals surface area contributed by atoms with E-state index in [1.165, 1.54) is 5.75 Å². The van der Waals surface area contributed by atoms with E-state index in [0.29, 0.717) is 23.7 Å². The van der Waals surface area contributed by atoms with Gasteiger partial charge in [0.05, 0.1) is 12.7 Å². The smallest absolute Gasteiger partial charge is 0.170 e. The Morgan fingerprint density at radius 2 is 2.33 bits per heavy atom. The number of carbonyl (C=O) groups is 1. The number of Topliss-reactive ketones (excluding diaryl/α,β-unsaturated/α-hetero) is 1. The number of hydrogen-bond donors (Lipinski definition) is 0. The van der Waals surface area contributed by atoms with Gasteiger partial charge in [-0.05, 0) is 30.1 Å². The fourth-order valence-electron chi connectivity index (χ4n) is 2.56. The van der Waals surface area contributed by atoms with Crippen LogP contribution in [-0.2, 0) is 0 Å². The number of benzene rings is 1. The van der Waals surface area contributed by atoms with Gasteiger partial charge < -0.3 is 9.47 Å². The Hall–Kier alpha value is -1.16. The molecule has 0 aromatic heterocycles. The summed E-state index contributed by atoms with van der Waals surface area (Å²) in [6, 6.07) is 5.43. The minimum absolute atomic E-state index is 0.0482. The molecule has 1 fully saturated rings. The monoisotopic (exact) mass is 264 g/mol. The van der Waals surface area contributed by atoms with Crippen molar-refractivity contribution in [2.75, 3.05) is 18.6 Å². The average Bonchev–Trinajstić information content (AvgIpc) is 2.91. The second kappa shape index (κ2) is 4.84. The summed E-state index contributed by atoms with van der Waals surface area (Å²) in [6.07, 6.45) is 1.72. The number of methoxy groups -OCH3 is 1. The van der Waals surface area contributed by atoms with Gasteiger partial charge in [-0.2, -0.15) is 11.8 Å². The lowest BCUT2D eigenvalue weighted by atomic mass is 9.92. The molecule has 0 amide bonds. The summed E-state index contributed by atoms with van der Waals surface area (Å²) in [7, 11) is 1.62. The van der Waals surface area contributed by atoms with E-state index in [4.69, 9.17) is 9.47 Å². The van der Waals surface area contributed by atoms with Crippen LogP contribution in [0.3, 0.4) is 0 Å². The van der Waals surface area contributed by atoms with Crippen LogP contribution in [0, 0.1) is 5.92 Å². The highest BCUT2D eigenvalue weighted by Crippen LogP contribution is 2.37. The van der Waals surface area contributed by atoms with Crippen molar-refractivity contribution >= 4 is 17.5 Å². The van der Waals surface area contributed by atoms with Gasteiger partial charge >= 0.3 is 0 Å². The molecular weight excluding hydrogens is 248 g/mol. The van der Waals surface area contributed by atoms with Gasteiger partial charge in [0.25, 0.3) is 0 Å².